The van der Waals surface area contributed by atoms with E-state index in [1.807, 2.05) is 11.9 Å². The Hall–Kier alpha value is -2.21. The molecule has 122 valence electrons. The molecule has 6 nitrogen and oxygen atoms in total. The van der Waals surface area contributed by atoms with Crippen molar-refractivity contribution in [1.29, 1.82) is 0 Å². The molecule has 6 heteroatoms. The van der Waals surface area contributed by atoms with Gasteiger partial charge in [-0.25, -0.2) is 0 Å². The highest BCUT2D eigenvalue weighted by Gasteiger charge is 2.34. The molecule has 0 N–H and O–H groups in total. The highest BCUT2D eigenvalue weighted by atomic mass is 16.2. The molecule has 3 amide bonds. The Kier molecular flexibility index (Phi) is 4.43. The molecule has 23 heavy (non-hydrogen) atoms. The fraction of sp³-hybridized carbons (Fsp3) is 0.471. The minimum Gasteiger partial charge on any atom is -0.340 e. The normalized spacial score (nSPS) is 18.5. The van der Waals surface area contributed by atoms with E-state index in [1.54, 1.807) is 24.3 Å². The molecular weight excluding hydrogens is 294 g/mol. The van der Waals surface area contributed by atoms with Gasteiger partial charge in [-0.2, -0.15) is 0 Å². The predicted molar refractivity (Wildman–Crippen MR) is 85.1 cm³/mol. The molecule has 0 radical (unpaired) electrons. The molecule has 1 fully saturated rings. The van der Waals surface area contributed by atoms with Crippen molar-refractivity contribution in [2.24, 2.45) is 0 Å². The van der Waals surface area contributed by atoms with Crippen molar-refractivity contribution in [3.8, 4) is 0 Å². The number of rotatable bonds is 4. The van der Waals surface area contributed by atoms with Gasteiger partial charge < -0.3 is 9.80 Å². The number of piperazine rings is 1. The molecule has 1 aromatic carbocycles. The van der Waals surface area contributed by atoms with E-state index in [2.05, 4.69) is 4.90 Å². The first-order valence-electron chi connectivity index (χ1n) is 7.99. The summed E-state index contributed by atoms with van der Waals surface area (Å²) in [5, 5.41) is 0. The number of imide groups is 1. The summed E-state index contributed by atoms with van der Waals surface area (Å²) in [7, 11) is 2.05. The number of benzene rings is 1. The molecular formula is C17H21N3O3. The Morgan fingerprint density at radius 1 is 1.00 bits per heavy atom. The lowest BCUT2D eigenvalue weighted by Gasteiger charge is -2.32. The highest BCUT2D eigenvalue weighted by molar-refractivity contribution is 6.21. The summed E-state index contributed by atoms with van der Waals surface area (Å²) < 4.78 is 0. The van der Waals surface area contributed by atoms with E-state index in [0.717, 1.165) is 26.2 Å². The van der Waals surface area contributed by atoms with Gasteiger partial charge in [0, 0.05) is 39.1 Å². The van der Waals surface area contributed by atoms with Crippen LogP contribution in [0, 0.1) is 0 Å². The number of fused-ring (bicyclic) bond motifs is 1. The van der Waals surface area contributed by atoms with E-state index >= 15 is 0 Å². The molecule has 1 aromatic rings. The second-order valence-electron chi connectivity index (χ2n) is 6.10. The van der Waals surface area contributed by atoms with Crippen LogP contribution in [0.5, 0.6) is 0 Å². The van der Waals surface area contributed by atoms with Gasteiger partial charge in [-0.05, 0) is 25.6 Å². The molecule has 2 heterocycles. The van der Waals surface area contributed by atoms with Crippen LogP contribution < -0.4 is 0 Å². The van der Waals surface area contributed by atoms with E-state index in [9.17, 15) is 14.4 Å². The maximum absolute atomic E-state index is 12.2. The molecule has 0 aliphatic carbocycles. The van der Waals surface area contributed by atoms with Gasteiger partial charge >= 0.3 is 0 Å². The zero-order valence-corrected chi connectivity index (χ0v) is 13.3. The third-order valence-electron chi connectivity index (χ3n) is 4.51. The number of hydrogen-bond donors (Lipinski definition) is 0. The molecule has 0 unspecified atom stereocenters. The van der Waals surface area contributed by atoms with E-state index in [1.165, 1.54) is 4.90 Å². The summed E-state index contributed by atoms with van der Waals surface area (Å²) >= 11 is 0. The third-order valence-corrected chi connectivity index (χ3v) is 4.51. The Bertz CT molecular complexity index is 601. The van der Waals surface area contributed by atoms with Gasteiger partial charge in [0.1, 0.15) is 0 Å². The van der Waals surface area contributed by atoms with Crippen molar-refractivity contribution in [3.63, 3.8) is 0 Å². The standard InChI is InChI=1S/C17H21N3O3/c1-18-9-11-19(12-10-18)15(21)7-4-8-20-16(22)13-5-2-3-6-14(13)17(20)23/h2-3,5-6H,4,7-12H2,1H3. The number of likely N-dealkylation sites (N-methyl/N-ethyl adjacent to an activating group) is 1. The van der Waals surface area contributed by atoms with E-state index in [4.69, 9.17) is 0 Å². The summed E-state index contributed by atoms with van der Waals surface area (Å²) in [5.41, 5.74) is 0.922. The maximum atomic E-state index is 12.2. The average Bonchev–Trinajstić information content (AvgIpc) is 2.81. The topological polar surface area (TPSA) is 60.9 Å². The third kappa shape index (κ3) is 3.12. The van der Waals surface area contributed by atoms with Crippen LogP contribution in [-0.4, -0.2) is 72.2 Å². The predicted octanol–water partition coefficient (Wildman–Crippen LogP) is 0.837. The molecule has 0 bridgehead atoms. The van der Waals surface area contributed by atoms with Crippen LogP contribution in [0.2, 0.25) is 0 Å². The Balaban J connectivity index is 1.51. The van der Waals surface area contributed by atoms with Gasteiger partial charge in [0.25, 0.3) is 11.8 Å². The maximum Gasteiger partial charge on any atom is 0.261 e. The fourth-order valence-electron chi connectivity index (χ4n) is 3.04. The zero-order chi connectivity index (χ0) is 16.4. The van der Waals surface area contributed by atoms with E-state index in [-0.39, 0.29) is 17.7 Å². The number of amides is 3. The lowest BCUT2D eigenvalue weighted by atomic mass is 10.1. The smallest absolute Gasteiger partial charge is 0.261 e. The monoisotopic (exact) mass is 315 g/mol. The van der Waals surface area contributed by atoms with Crippen LogP contribution in [0.25, 0.3) is 0 Å². The van der Waals surface area contributed by atoms with Gasteiger partial charge in [-0.3, -0.25) is 19.3 Å². The molecule has 2 aliphatic heterocycles. The summed E-state index contributed by atoms with van der Waals surface area (Å²) in [6.45, 7) is 3.59. The second-order valence-corrected chi connectivity index (χ2v) is 6.10. The van der Waals surface area contributed by atoms with E-state index in [0.29, 0.717) is 30.5 Å². The van der Waals surface area contributed by atoms with Crippen molar-refractivity contribution in [2.75, 3.05) is 39.8 Å². The number of nitrogens with zero attached hydrogens (tertiary/aromatic N) is 3. The van der Waals surface area contributed by atoms with Crippen LogP contribution in [0.3, 0.4) is 0 Å². The summed E-state index contributed by atoms with van der Waals surface area (Å²) in [5.74, 6) is -0.398. The molecule has 0 spiro atoms. The molecule has 0 saturated carbocycles. The number of carbonyl (C=O) groups is 3. The van der Waals surface area contributed by atoms with Crippen LogP contribution in [0.15, 0.2) is 24.3 Å². The second kappa shape index (κ2) is 6.50. The zero-order valence-electron chi connectivity index (χ0n) is 13.3. The fourth-order valence-corrected chi connectivity index (χ4v) is 3.04. The summed E-state index contributed by atoms with van der Waals surface area (Å²) in [4.78, 5) is 41.9. The van der Waals surface area contributed by atoms with Gasteiger partial charge in [-0.15, -0.1) is 0 Å². The van der Waals surface area contributed by atoms with Crippen LogP contribution >= 0.6 is 0 Å². The van der Waals surface area contributed by atoms with Crippen molar-refractivity contribution < 1.29 is 14.4 Å². The molecule has 1 saturated heterocycles. The quantitative estimate of drug-likeness (QED) is 0.773. The van der Waals surface area contributed by atoms with Gasteiger partial charge in [0.05, 0.1) is 11.1 Å². The van der Waals surface area contributed by atoms with Crippen molar-refractivity contribution in [2.45, 2.75) is 12.8 Å². The number of carbonyl (C=O) groups excluding carboxylic acids is 3. The van der Waals surface area contributed by atoms with Crippen molar-refractivity contribution >= 4 is 17.7 Å². The summed E-state index contributed by atoms with van der Waals surface area (Å²) in [6, 6.07) is 6.85. The average molecular weight is 315 g/mol. The van der Waals surface area contributed by atoms with Crippen LogP contribution in [0.4, 0.5) is 0 Å². The molecule has 3 rings (SSSR count). The lowest BCUT2D eigenvalue weighted by Crippen LogP contribution is -2.47. The van der Waals surface area contributed by atoms with Gasteiger partial charge in [0.15, 0.2) is 0 Å². The Labute approximate surface area is 135 Å². The Morgan fingerprint density at radius 2 is 1.57 bits per heavy atom. The number of hydrogen-bond acceptors (Lipinski definition) is 4. The van der Waals surface area contributed by atoms with Gasteiger partial charge in [-0.1, -0.05) is 12.1 Å². The Morgan fingerprint density at radius 3 is 2.13 bits per heavy atom. The largest absolute Gasteiger partial charge is 0.340 e. The van der Waals surface area contributed by atoms with E-state index < -0.39 is 0 Å². The first kappa shape index (κ1) is 15.7. The lowest BCUT2D eigenvalue weighted by molar-refractivity contribution is -0.132. The first-order chi connectivity index (χ1) is 11.1. The molecule has 2 aliphatic rings. The van der Waals surface area contributed by atoms with Gasteiger partial charge in [0.2, 0.25) is 5.91 Å². The summed E-state index contributed by atoms with van der Waals surface area (Å²) in [6.07, 6.45) is 0.883. The van der Waals surface area contributed by atoms with Crippen molar-refractivity contribution in [3.05, 3.63) is 35.4 Å². The molecule has 0 atom stereocenters. The minimum atomic E-state index is -0.252. The highest BCUT2D eigenvalue weighted by Crippen LogP contribution is 2.22. The molecule has 0 aromatic heterocycles. The van der Waals surface area contributed by atoms with Crippen LogP contribution in [-0.2, 0) is 4.79 Å². The SMILES string of the molecule is CN1CCN(C(=O)CCCN2C(=O)c3ccccc3C2=O)CC1. The van der Waals surface area contributed by atoms with Crippen LogP contribution in [0.1, 0.15) is 33.6 Å². The van der Waals surface area contributed by atoms with Crippen molar-refractivity contribution in [1.82, 2.24) is 14.7 Å². The minimum absolute atomic E-state index is 0.106. The first-order valence-corrected chi connectivity index (χ1v) is 7.99.